The van der Waals surface area contributed by atoms with E-state index in [1.54, 1.807) is 0 Å². The minimum Gasteiger partial charge on any atom is -0.341 e. The maximum atomic E-state index is 13.1. The van der Waals surface area contributed by atoms with Crippen LogP contribution in [-0.2, 0) is 16.6 Å². The molecule has 7 heteroatoms. The molecule has 6 nitrogen and oxygen atoms in total. The molecule has 2 aliphatic heterocycles. The number of benzene rings is 1. The lowest BCUT2D eigenvalue weighted by molar-refractivity contribution is -0.134. The quantitative estimate of drug-likeness (QED) is 0.771. The zero-order valence-electron chi connectivity index (χ0n) is 17.3. The van der Waals surface area contributed by atoms with Gasteiger partial charge in [0.25, 0.3) is 5.56 Å². The van der Waals surface area contributed by atoms with Gasteiger partial charge in [-0.15, -0.1) is 12.4 Å². The minimum atomic E-state index is -0.0895. The van der Waals surface area contributed by atoms with Crippen LogP contribution in [0.1, 0.15) is 60.8 Å². The number of H-pyrrole nitrogens is 1. The monoisotopic (exact) mass is 428 g/mol. The number of likely N-dealkylation sites (tertiary alicyclic amines) is 1. The topological polar surface area (TPSA) is 78.1 Å². The number of hydrogen-bond acceptors (Lipinski definition) is 4. The van der Waals surface area contributed by atoms with Gasteiger partial charge in [-0.25, -0.2) is 4.98 Å². The highest BCUT2D eigenvalue weighted by Crippen LogP contribution is 2.44. The normalized spacial score (nSPS) is 24.5. The van der Waals surface area contributed by atoms with Crippen molar-refractivity contribution in [1.29, 1.82) is 0 Å². The molecule has 2 N–H and O–H groups in total. The molecular weight excluding hydrogens is 400 g/mol. The maximum Gasteiger partial charge on any atom is 0.254 e. The molecule has 0 bridgehead atoms. The number of aromatic nitrogens is 2. The Morgan fingerprint density at radius 1 is 1.13 bits per heavy atom. The van der Waals surface area contributed by atoms with Gasteiger partial charge >= 0.3 is 0 Å². The second-order valence-electron chi connectivity index (χ2n) is 8.84. The summed E-state index contributed by atoms with van der Waals surface area (Å²) >= 11 is 0. The zero-order valence-corrected chi connectivity index (χ0v) is 18.1. The first-order valence-corrected chi connectivity index (χ1v) is 10.8. The molecule has 3 aliphatic rings. The third kappa shape index (κ3) is 3.56. The summed E-state index contributed by atoms with van der Waals surface area (Å²) < 4.78 is 0. The lowest BCUT2D eigenvalue weighted by atomic mass is 9.76. The van der Waals surface area contributed by atoms with E-state index in [2.05, 4.69) is 34.6 Å². The van der Waals surface area contributed by atoms with Crippen LogP contribution < -0.4 is 10.9 Å². The van der Waals surface area contributed by atoms with Gasteiger partial charge in [0.2, 0.25) is 5.91 Å². The molecule has 5 rings (SSSR count). The predicted molar refractivity (Wildman–Crippen MR) is 118 cm³/mol. The van der Waals surface area contributed by atoms with E-state index < -0.39 is 0 Å². The average molecular weight is 429 g/mol. The Kier molecular flexibility index (Phi) is 5.73. The number of amides is 1. The zero-order chi connectivity index (χ0) is 20.0. The number of carbonyl (C=O) groups excluding carboxylic acids is 1. The molecule has 1 aromatic heterocycles. The highest BCUT2D eigenvalue weighted by Gasteiger charge is 2.45. The molecule has 1 spiro atoms. The summed E-state index contributed by atoms with van der Waals surface area (Å²) in [5.41, 5.74) is 3.10. The van der Waals surface area contributed by atoms with Crippen LogP contribution in [0.4, 0.5) is 0 Å². The molecule has 0 radical (unpaired) electrons. The number of carbonyl (C=O) groups is 1. The standard InChI is InChI=1S/C23H28N4O2.ClH/c1-15-24-20-17(21(28)25-15)9-10-23(20)11-13-27(14-12-23)22(29)19-8-7-18(26-19)16-5-3-2-4-6-16;/h2-6,18-19,26H,7-14H2,1H3,(H,24,25,28);1H/t18-,19-;/m1./s1. The van der Waals surface area contributed by atoms with Crippen molar-refractivity contribution in [3.8, 4) is 0 Å². The Morgan fingerprint density at radius 3 is 2.60 bits per heavy atom. The van der Waals surface area contributed by atoms with Gasteiger partial charge in [0.15, 0.2) is 0 Å². The highest BCUT2D eigenvalue weighted by atomic mass is 35.5. The first-order valence-electron chi connectivity index (χ1n) is 10.8. The third-order valence-electron chi connectivity index (χ3n) is 7.17. The molecule has 2 saturated heterocycles. The first-order chi connectivity index (χ1) is 14.1. The number of hydrogen-bond donors (Lipinski definition) is 2. The molecule has 1 amide bonds. The summed E-state index contributed by atoms with van der Waals surface area (Å²) in [6.07, 6.45) is 5.46. The number of aromatic amines is 1. The molecule has 0 unspecified atom stereocenters. The molecule has 1 aliphatic carbocycles. The predicted octanol–water partition coefficient (Wildman–Crippen LogP) is 2.80. The first kappa shape index (κ1) is 21.1. The largest absolute Gasteiger partial charge is 0.341 e. The van der Waals surface area contributed by atoms with Crippen molar-refractivity contribution in [2.24, 2.45) is 0 Å². The molecule has 160 valence electrons. The Balaban J connectivity index is 0.00000218. The number of piperidine rings is 1. The molecule has 2 aromatic rings. The van der Waals surface area contributed by atoms with Crippen molar-refractivity contribution in [2.45, 2.75) is 62.9 Å². The van der Waals surface area contributed by atoms with Crippen molar-refractivity contribution in [1.82, 2.24) is 20.2 Å². The van der Waals surface area contributed by atoms with Crippen LogP contribution in [0.5, 0.6) is 0 Å². The Labute approximate surface area is 182 Å². The molecule has 0 saturated carbocycles. The van der Waals surface area contributed by atoms with Gasteiger partial charge in [-0.1, -0.05) is 30.3 Å². The number of fused-ring (bicyclic) bond motifs is 2. The van der Waals surface area contributed by atoms with Crippen molar-refractivity contribution >= 4 is 18.3 Å². The average Bonchev–Trinajstić information content (AvgIpc) is 3.35. The summed E-state index contributed by atoms with van der Waals surface area (Å²) in [4.78, 5) is 35.0. The smallest absolute Gasteiger partial charge is 0.254 e. The number of halogens is 1. The molecule has 3 heterocycles. The van der Waals surface area contributed by atoms with E-state index in [9.17, 15) is 9.59 Å². The van der Waals surface area contributed by atoms with Crippen molar-refractivity contribution in [3.63, 3.8) is 0 Å². The maximum absolute atomic E-state index is 13.1. The van der Waals surface area contributed by atoms with Gasteiger partial charge in [0.1, 0.15) is 5.82 Å². The summed E-state index contributed by atoms with van der Waals surface area (Å²) in [7, 11) is 0. The number of aryl methyl sites for hydroxylation is 1. The summed E-state index contributed by atoms with van der Waals surface area (Å²) in [6.45, 7) is 3.35. The third-order valence-corrected chi connectivity index (χ3v) is 7.17. The van der Waals surface area contributed by atoms with Crippen molar-refractivity contribution in [2.75, 3.05) is 13.1 Å². The Morgan fingerprint density at radius 2 is 1.87 bits per heavy atom. The van der Waals surface area contributed by atoms with Gasteiger partial charge in [0, 0.05) is 30.1 Å². The van der Waals surface area contributed by atoms with Gasteiger partial charge < -0.3 is 9.88 Å². The van der Waals surface area contributed by atoms with Crippen LogP contribution in [0.15, 0.2) is 35.1 Å². The van der Waals surface area contributed by atoms with E-state index in [0.29, 0.717) is 5.82 Å². The van der Waals surface area contributed by atoms with E-state index in [-0.39, 0.29) is 41.4 Å². The van der Waals surface area contributed by atoms with E-state index in [4.69, 9.17) is 4.98 Å². The van der Waals surface area contributed by atoms with Gasteiger partial charge in [-0.2, -0.15) is 0 Å². The van der Waals surface area contributed by atoms with Crippen LogP contribution in [0.2, 0.25) is 0 Å². The van der Waals surface area contributed by atoms with E-state index in [1.807, 2.05) is 17.9 Å². The van der Waals surface area contributed by atoms with Crippen LogP contribution in [-0.4, -0.2) is 39.9 Å². The van der Waals surface area contributed by atoms with E-state index in [1.165, 1.54) is 5.56 Å². The molecule has 30 heavy (non-hydrogen) atoms. The lowest BCUT2D eigenvalue weighted by Gasteiger charge is -2.40. The second kappa shape index (κ2) is 8.16. The molecule has 1 aromatic carbocycles. The fraction of sp³-hybridized carbons (Fsp3) is 0.522. The summed E-state index contributed by atoms with van der Waals surface area (Å²) in [5, 5.41) is 3.55. The van der Waals surface area contributed by atoms with Crippen LogP contribution in [0.25, 0.3) is 0 Å². The van der Waals surface area contributed by atoms with Crippen LogP contribution in [0.3, 0.4) is 0 Å². The second-order valence-corrected chi connectivity index (χ2v) is 8.84. The van der Waals surface area contributed by atoms with Gasteiger partial charge in [0.05, 0.1) is 11.7 Å². The van der Waals surface area contributed by atoms with Crippen LogP contribution >= 0.6 is 12.4 Å². The number of rotatable bonds is 2. The lowest BCUT2D eigenvalue weighted by Crippen LogP contribution is -2.50. The van der Waals surface area contributed by atoms with Crippen molar-refractivity contribution in [3.05, 3.63) is 63.3 Å². The minimum absolute atomic E-state index is 0. The molecule has 2 atom stereocenters. The van der Waals surface area contributed by atoms with Gasteiger partial charge in [-0.05, 0) is 51.0 Å². The van der Waals surface area contributed by atoms with Crippen molar-refractivity contribution < 1.29 is 4.79 Å². The SMILES string of the molecule is Cc1nc2c(c(=O)[nH]1)CCC21CCN(C(=O)[C@H]2CC[C@H](c3ccccc3)N2)CC1.Cl. The molecule has 2 fully saturated rings. The Bertz CT molecular complexity index is 982. The summed E-state index contributed by atoms with van der Waals surface area (Å²) in [6, 6.07) is 10.6. The number of nitrogens with zero attached hydrogens (tertiary/aromatic N) is 2. The summed E-state index contributed by atoms with van der Waals surface area (Å²) in [5.74, 6) is 0.919. The Hall–Kier alpha value is -2.18. The molecular formula is C23H29ClN4O2. The van der Waals surface area contributed by atoms with E-state index >= 15 is 0 Å². The van der Waals surface area contributed by atoms with Crippen LogP contribution in [0, 0.1) is 6.92 Å². The highest BCUT2D eigenvalue weighted by molar-refractivity contribution is 5.85. The fourth-order valence-corrected chi connectivity index (χ4v) is 5.51. The fourth-order valence-electron chi connectivity index (χ4n) is 5.51. The van der Waals surface area contributed by atoms with Gasteiger partial charge in [-0.3, -0.25) is 14.9 Å². The van der Waals surface area contributed by atoms with E-state index in [0.717, 1.165) is 62.9 Å². The number of nitrogens with one attached hydrogen (secondary N) is 2.